The molecule has 0 amide bonds. The van der Waals surface area contributed by atoms with Crippen molar-refractivity contribution >= 4 is 15.9 Å². The largest absolute Gasteiger partial charge is 0.339 e. The molecule has 1 aromatic heterocycles. The van der Waals surface area contributed by atoms with Crippen molar-refractivity contribution in [2.24, 2.45) is 0 Å². The maximum atomic E-state index is 5.32. The molecule has 2 aromatic rings. The molecular weight excluding hydrogens is 306 g/mol. The van der Waals surface area contributed by atoms with Gasteiger partial charge in [-0.25, -0.2) is 0 Å². The van der Waals surface area contributed by atoms with Gasteiger partial charge in [-0.2, -0.15) is 4.98 Å². The highest BCUT2D eigenvalue weighted by molar-refractivity contribution is 9.10. The van der Waals surface area contributed by atoms with Crippen LogP contribution in [0.1, 0.15) is 25.7 Å². The van der Waals surface area contributed by atoms with Crippen LogP contribution >= 0.6 is 15.9 Å². The third-order valence-electron chi connectivity index (χ3n) is 3.02. The number of aromatic nitrogens is 2. The molecule has 1 unspecified atom stereocenters. The molecule has 0 spiro atoms. The molecule has 5 heteroatoms. The highest BCUT2D eigenvalue weighted by Gasteiger charge is 2.13. The molecule has 0 aliphatic heterocycles. The minimum absolute atomic E-state index is 0.390. The summed E-state index contributed by atoms with van der Waals surface area (Å²) < 4.78 is 6.33. The Morgan fingerprint density at radius 3 is 2.95 bits per heavy atom. The minimum Gasteiger partial charge on any atom is -0.339 e. The van der Waals surface area contributed by atoms with Gasteiger partial charge in [0, 0.05) is 22.5 Å². The lowest BCUT2D eigenvalue weighted by atomic mass is 10.1. The van der Waals surface area contributed by atoms with Crippen LogP contribution in [0.5, 0.6) is 0 Å². The van der Waals surface area contributed by atoms with Gasteiger partial charge < -0.3 is 9.84 Å². The Kier molecular flexibility index (Phi) is 5.10. The van der Waals surface area contributed by atoms with E-state index in [2.05, 4.69) is 38.3 Å². The number of likely N-dealkylation sites (N-methyl/N-ethyl adjacent to an activating group) is 1. The van der Waals surface area contributed by atoms with Gasteiger partial charge in [-0.1, -0.05) is 46.6 Å². The van der Waals surface area contributed by atoms with Crippen molar-refractivity contribution in [2.75, 3.05) is 7.05 Å². The fourth-order valence-electron chi connectivity index (χ4n) is 1.99. The zero-order valence-corrected chi connectivity index (χ0v) is 12.8. The Morgan fingerprint density at radius 2 is 2.26 bits per heavy atom. The van der Waals surface area contributed by atoms with Crippen LogP contribution in [0.15, 0.2) is 33.3 Å². The molecule has 0 bridgehead atoms. The third-order valence-corrected chi connectivity index (χ3v) is 3.51. The first kappa shape index (κ1) is 14.2. The van der Waals surface area contributed by atoms with Gasteiger partial charge >= 0.3 is 0 Å². The molecule has 1 aromatic carbocycles. The van der Waals surface area contributed by atoms with Crippen LogP contribution in [-0.4, -0.2) is 23.2 Å². The van der Waals surface area contributed by atoms with E-state index >= 15 is 0 Å². The van der Waals surface area contributed by atoms with Gasteiger partial charge in [-0.15, -0.1) is 0 Å². The van der Waals surface area contributed by atoms with Gasteiger partial charge in [0.2, 0.25) is 11.7 Å². The third kappa shape index (κ3) is 3.88. The molecule has 1 heterocycles. The van der Waals surface area contributed by atoms with E-state index in [1.54, 1.807) is 0 Å². The number of hydrogen-bond donors (Lipinski definition) is 1. The molecule has 1 atom stereocenters. The van der Waals surface area contributed by atoms with Crippen molar-refractivity contribution < 1.29 is 4.52 Å². The van der Waals surface area contributed by atoms with Gasteiger partial charge in [0.15, 0.2) is 0 Å². The van der Waals surface area contributed by atoms with Gasteiger partial charge in [0.05, 0.1) is 0 Å². The second-order valence-electron chi connectivity index (χ2n) is 4.50. The quantitative estimate of drug-likeness (QED) is 0.884. The lowest BCUT2D eigenvalue weighted by Gasteiger charge is -2.11. The maximum absolute atomic E-state index is 5.32. The Balaban J connectivity index is 2.10. The van der Waals surface area contributed by atoms with E-state index in [1.165, 1.54) is 0 Å². The Morgan fingerprint density at radius 1 is 1.42 bits per heavy atom. The molecule has 2 rings (SSSR count). The topological polar surface area (TPSA) is 51.0 Å². The van der Waals surface area contributed by atoms with E-state index in [0.717, 1.165) is 29.3 Å². The highest BCUT2D eigenvalue weighted by Crippen LogP contribution is 2.20. The number of nitrogens with zero attached hydrogens (tertiary/aromatic N) is 2. The smallest absolute Gasteiger partial charge is 0.228 e. The van der Waals surface area contributed by atoms with Crippen molar-refractivity contribution in [3.8, 4) is 11.4 Å². The highest BCUT2D eigenvalue weighted by atomic mass is 79.9. The number of benzene rings is 1. The predicted molar refractivity (Wildman–Crippen MR) is 78.9 cm³/mol. The van der Waals surface area contributed by atoms with Crippen molar-refractivity contribution in [3.63, 3.8) is 0 Å². The molecule has 0 saturated carbocycles. The Labute approximate surface area is 121 Å². The van der Waals surface area contributed by atoms with E-state index in [4.69, 9.17) is 4.52 Å². The van der Waals surface area contributed by atoms with Crippen molar-refractivity contribution in [1.29, 1.82) is 0 Å². The maximum Gasteiger partial charge on any atom is 0.228 e. The fourth-order valence-corrected chi connectivity index (χ4v) is 2.39. The second kappa shape index (κ2) is 6.82. The van der Waals surface area contributed by atoms with Gasteiger partial charge in [0.1, 0.15) is 0 Å². The van der Waals surface area contributed by atoms with Gasteiger partial charge in [-0.05, 0) is 25.6 Å². The summed E-state index contributed by atoms with van der Waals surface area (Å²) in [4.78, 5) is 4.45. The Bertz CT molecular complexity index is 527. The van der Waals surface area contributed by atoms with E-state index in [9.17, 15) is 0 Å². The number of halogens is 1. The van der Waals surface area contributed by atoms with Crippen LogP contribution in [0, 0.1) is 0 Å². The second-order valence-corrected chi connectivity index (χ2v) is 5.42. The standard InChI is InChI=1S/C14H18BrN3O/c1-3-5-12(16-2)9-13-17-14(18-19-13)10-6-4-7-11(15)8-10/h4,6-8,12,16H,3,5,9H2,1-2H3. The van der Waals surface area contributed by atoms with Crippen LogP contribution in [-0.2, 0) is 6.42 Å². The molecule has 4 nitrogen and oxygen atoms in total. The summed E-state index contributed by atoms with van der Waals surface area (Å²) in [6.45, 7) is 2.17. The summed E-state index contributed by atoms with van der Waals surface area (Å²) >= 11 is 3.44. The first-order valence-electron chi connectivity index (χ1n) is 6.48. The molecule has 0 aliphatic carbocycles. The van der Waals surface area contributed by atoms with Crippen molar-refractivity contribution in [1.82, 2.24) is 15.5 Å². The van der Waals surface area contributed by atoms with E-state index in [0.29, 0.717) is 17.8 Å². The zero-order valence-electron chi connectivity index (χ0n) is 11.2. The van der Waals surface area contributed by atoms with Crippen molar-refractivity contribution in [2.45, 2.75) is 32.2 Å². The molecule has 1 N–H and O–H groups in total. The van der Waals surface area contributed by atoms with Crippen LogP contribution in [0.4, 0.5) is 0 Å². The lowest BCUT2D eigenvalue weighted by molar-refractivity contribution is 0.356. The predicted octanol–water partition coefficient (Wildman–Crippen LogP) is 3.43. The average molecular weight is 324 g/mol. The first-order chi connectivity index (χ1) is 9.22. The zero-order chi connectivity index (χ0) is 13.7. The van der Waals surface area contributed by atoms with E-state index in [-0.39, 0.29) is 0 Å². The summed E-state index contributed by atoms with van der Waals surface area (Å²) in [5.41, 5.74) is 0.959. The van der Waals surface area contributed by atoms with Gasteiger partial charge in [0.25, 0.3) is 0 Å². The average Bonchev–Trinajstić information content (AvgIpc) is 2.87. The first-order valence-corrected chi connectivity index (χ1v) is 7.28. The summed E-state index contributed by atoms with van der Waals surface area (Å²) in [6.07, 6.45) is 3.01. The Hall–Kier alpha value is -1.20. The monoisotopic (exact) mass is 323 g/mol. The summed E-state index contributed by atoms with van der Waals surface area (Å²) in [5.74, 6) is 1.32. The molecule has 0 saturated heterocycles. The van der Waals surface area contributed by atoms with Crippen molar-refractivity contribution in [3.05, 3.63) is 34.6 Å². The molecule has 19 heavy (non-hydrogen) atoms. The molecule has 102 valence electrons. The lowest BCUT2D eigenvalue weighted by Crippen LogP contribution is -2.27. The normalized spacial score (nSPS) is 12.6. The SMILES string of the molecule is CCCC(Cc1nc(-c2cccc(Br)c2)no1)NC. The molecule has 0 aliphatic rings. The summed E-state index contributed by atoms with van der Waals surface area (Å²) in [7, 11) is 1.96. The van der Waals surface area contributed by atoms with Crippen LogP contribution < -0.4 is 5.32 Å². The number of hydrogen-bond acceptors (Lipinski definition) is 4. The van der Waals surface area contributed by atoms with E-state index < -0.39 is 0 Å². The van der Waals surface area contributed by atoms with Crippen LogP contribution in [0.3, 0.4) is 0 Å². The number of nitrogens with one attached hydrogen (secondary N) is 1. The molecule has 0 radical (unpaired) electrons. The van der Waals surface area contributed by atoms with Gasteiger partial charge in [-0.3, -0.25) is 0 Å². The summed E-state index contributed by atoms with van der Waals surface area (Å²) in [6, 6.07) is 8.28. The number of rotatable bonds is 6. The van der Waals surface area contributed by atoms with Crippen LogP contribution in [0.2, 0.25) is 0 Å². The summed E-state index contributed by atoms with van der Waals surface area (Å²) in [5, 5.41) is 7.31. The fraction of sp³-hybridized carbons (Fsp3) is 0.429. The molecular formula is C14H18BrN3O. The van der Waals surface area contributed by atoms with E-state index in [1.807, 2.05) is 31.3 Å². The molecule has 0 fully saturated rings. The minimum atomic E-state index is 0.390. The van der Waals surface area contributed by atoms with Crippen LogP contribution in [0.25, 0.3) is 11.4 Å².